The smallest absolute Gasteiger partial charge is 0.387 e. The van der Waals surface area contributed by atoms with Crippen molar-refractivity contribution in [2.24, 2.45) is 10.7 Å². The highest BCUT2D eigenvalue weighted by atomic mass is 19.3. The number of alkyl halides is 2. The van der Waals surface area contributed by atoms with Crippen LogP contribution in [0.4, 0.5) is 14.5 Å². The van der Waals surface area contributed by atoms with E-state index in [2.05, 4.69) is 15.0 Å². The van der Waals surface area contributed by atoms with Gasteiger partial charge in [-0.15, -0.1) is 0 Å². The minimum atomic E-state index is -2.82. The van der Waals surface area contributed by atoms with Crippen molar-refractivity contribution in [1.82, 2.24) is 5.32 Å². The van der Waals surface area contributed by atoms with Crippen LogP contribution in [-0.4, -0.2) is 38.2 Å². The van der Waals surface area contributed by atoms with Gasteiger partial charge in [0.15, 0.2) is 5.96 Å². The highest BCUT2D eigenvalue weighted by Crippen LogP contribution is 2.31. The minimum absolute atomic E-state index is 0.153. The lowest BCUT2D eigenvalue weighted by molar-refractivity contribution is -0.0495. The molecule has 1 aliphatic heterocycles. The maximum absolute atomic E-state index is 12.4. The van der Waals surface area contributed by atoms with E-state index in [1.165, 1.54) is 0 Å². The first kappa shape index (κ1) is 15.3. The van der Waals surface area contributed by atoms with Crippen LogP contribution in [0, 0.1) is 0 Å². The Labute approximate surface area is 122 Å². The molecule has 1 saturated heterocycles. The molecule has 5 nitrogen and oxygen atoms in total. The van der Waals surface area contributed by atoms with E-state index in [4.69, 9.17) is 5.73 Å². The van der Waals surface area contributed by atoms with Gasteiger partial charge in [0, 0.05) is 25.7 Å². The largest absolute Gasteiger partial charge is 0.433 e. The lowest BCUT2D eigenvalue weighted by Gasteiger charge is -2.22. The number of rotatable bonds is 5. The predicted octanol–water partition coefficient (Wildman–Crippen LogP) is 1.79. The van der Waals surface area contributed by atoms with Gasteiger partial charge < -0.3 is 20.7 Å². The van der Waals surface area contributed by atoms with E-state index in [1.54, 1.807) is 24.3 Å². The van der Waals surface area contributed by atoms with Crippen molar-refractivity contribution in [3.8, 4) is 5.75 Å². The van der Waals surface area contributed by atoms with E-state index in [9.17, 15) is 8.78 Å². The van der Waals surface area contributed by atoms with E-state index in [0.717, 1.165) is 13.0 Å². The van der Waals surface area contributed by atoms with Gasteiger partial charge in [0.25, 0.3) is 0 Å². The molecule has 1 atom stereocenters. The van der Waals surface area contributed by atoms with Gasteiger partial charge in [-0.25, -0.2) is 0 Å². The molecule has 1 fully saturated rings. The van der Waals surface area contributed by atoms with Gasteiger partial charge in [-0.3, -0.25) is 4.99 Å². The number of ether oxygens (including phenoxy) is 1. The van der Waals surface area contributed by atoms with E-state index in [0.29, 0.717) is 24.7 Å². The van der Waals surface area contributed by atoms with Gasteiger partial charge in [-0.05, 0) is 25.5 Å². The molecule has 7 heteroatoms. The van der Waals surface area contributed by atoms with Crippen LogP contribution in [-0.2, 0) is 0 Å². The third-order valence-electron chi connectivity index (χ3n) is 3.29. The van der Waals surface area contributed by atoms with Gasteiger partial charge >= 0.3 is 6.61 Å². The highest BCUT2D eigenvalue weighted by molar-refractivity contribution is 5.78. The fourth-order valence-electron chi connectivity index (χ4n) is 2.44. The maximum Gasteiger partial charge on any atom is 0.387 e. The third-order valence-corrected chi connectivity index (χ3v) is 3.29. The first-order chi connectivity index (χ1) is 10.1. The zero-order valence-electron chi connectivity index (χ0n) is 11.9. The predicted molar refractivity (Wildman–Crippen MR) is 79.0 cm³/mol. The Bertz CT molecular complexity index is 496. The van der Waals surface area contributed by atoms with Crippen LogP contribution < -0.4 is 20.7 Å². The number of anilines is 1. The number of halogens is 2. The van der Waals surface area contributed by atoms with Crippen LogP contribution in [0.5, 0.6) is 5.75 Å². The molecule has 21 heavy (non-hydrogen) atoms. The average Bonchev–Trinajstić information content (AvgIpc) is 2.87. The molecule has 0 amide bonds. The van der Waals surface area contributed by atoms with Gasteiger partial charge in [0.05, 0.1) is 5.69 Å². The van der Waals surface area contributed by atoms with Crippen molar-refractivity contribution in [3.63, 3.8) is 0 Å². The molecule has 1 aromatic carbocycles. The second-order valence-corrected chi connectivity index (χ2v) is 4.78. The summed E-state index contributed by atoms with van der Waals surface area (Å²) in [6, 6.07) is 6.97. The first-order valence-electron chi connectivity index (χ1n) is 6.95. The van der Waals surface area contributed by atoms with E-state index >= 15 is 0 Å². The van der Waals surface area contributed by atoms with Crippen molar-refractivity contribution in [2.45, 2.75) is 26.0 Å². The number of hydrogen-bond donors (Lipinski definition) is 2. The SMILES string of the molecule is CCN=C(N)NC1CCN(c2ccccc2OC(F)F)C1. The number of para-hydroxylation sites is 2. The highest BCUT2D eigenvalue weighted by Gasteiger charge is 2.25. The molecule has 1 unspecified atom stereocenters. The first-order valence-corrected chi connectivity index (χ1v) is 6.95. The molecule has 0 aromatic heterocycles. The van der Waals surface area contributed by atoms with Gasteiger partial charge in [-0.2, -0.15) is 8.78 Å². The number of guanidine groups is 1. The van der Waals surface area contributed by atoms with Crippen LogP contribution in [0.3, 0.4) is 0 Å². The zero-order valence-corrected chi connectivity index (χ0v) is 11.9. The second kappa shape index (κ2) is 7.10. The molecule has 0 saturated carbocycles. The standard InChI is InChI=1S/C14H20F2N4O/c1-2-18-14(17)19-10-7-8-20(9-10)11-5-3-4-6-12(11)21-13(15)16/h3-6,10,13H,2,7-9H2,1H3,(H3,17,18,19). The molecule has 0 aliphatic carbocycles. The number of aliphatic imine (C=N–C) groups is 1. The Hall–Kier alpha value is -2.05. The lowest BCUT2D eigenvalue weighted by atomic mass is 10.2. The molecular weight excluding hydrogens is 278 g/mol. The molecule has 1 aromatic rings. The molecule has 0 spiro atoms. The summed E-state index contributed by atoms with van der Waals surface area (Å²) in [4.78, 5) is 6.09. The number of benzene rings is 1. The summed E-state index contributed by atoms with van der Waals surface area (Å²) in [5.41, 5.74) is 6.41. The van der Waals surface area contributed by atoms with E-state index < -0.39 is 6.61 Å². The molecule has 0 radical (unpaired) electrons. The van der Waals surface area contributed by atoms with Crippen molar-refractivity contribution in [2.75, 3.05) is 24.5 Å². The summed E-state index contributed by atoms with van der Waals surface area (Å²) in [5.74, 6) is 0.616. The summed E-state index contributed by atoms with van der Waals surface area (Å²) >= 11 is 0. The fraction of sp³-hybridized carbons (Fsp3) is 0.500. The topological polar surface area (TPSA) is 62.9 Å². The Morgan fingerprint density at radius 1 is 1.52 bits per heavy atom. The van der Waals surface area contributed by atoms with Crippen LogP contribution in [0.1, 0.15) is 13.3 Å². The number of nitrogens with two attached hydrogens (primary N) is 1. The third kappa shape index (κ3) is 4.21. The molecule has 3 N–H and O–H groups in total. The number of nitrogens with one attached hydrogen (secondary N) is 1. The molecule has 2 rings (SSSR count). The average molecular weight is 298 g/mol. The van der Waals surface area contributed by atoms with E-state index in [1.807, 2.05) is 11.8 Å². The summed E-state index contributed by atoms with van der Waals surface area (Å²) < 4.78 is 29.4. The van der Waals surface area contributed by atoms with Gasteiger partial charge in [-0.1, -0.05) is 12.1 Å². The maximum atomic E-state index is 12.4. The molecule has 116 valence electrons. The van der Waals surface area contributed by atoms with Crippen molar-refractivity contribution < 1.29 is 13.5 Å². The van der Waals surface area contributed by atoms with Crippen molar-refractivity contribution >= 4 is 11.6 Å². The Morgan fingerprint density at radius 3 is 3.00 bits per heavy atom. The van der Waals surface area contributed by atoms with Crippen molar-refractivity contribution in [3.05, 3.63) is 24.3 Å². The molecular formula is C14H20F2N4O. The van der Waals surface area contributed by atoms with Crippen LogP contribution in [0.25, 0.3) is 0 Å². The van der Waals surface area contributed by atoms with E-state index in [-0.39, 0.29) is 11.8 Å². The normalized spacial score (nSPS) is 19.1. The van der Waals surface area contributed by atoms with Gasteiger partial charge in [0.2, 0.25) is 0 Å². The molecule has 1 heterocycles. The summed E-state index contributed by atoms with van der Waals surface area (Å²) in [5, 5.41) is 3.14. The number of hydrogen-bond acceptors (Lipinski definition) is 3. The van der Waals surface area contributed by atoms with Crippen LogP contribution >= 0.6 is 0 Å². The summed E-state index contributed by atoms with van der Waals surface area (Å²) in [7, 11) is 0. The van der Waals surface area contributed by atoms with Gasteiger partial charge in [0.1, 0.15) is 5.75 Å². The molecule has 0 bridgehead atoms. The van der Waals surface area contributed by atoms with Crippen LogP contribution in [0.2, 0.25) is 0 Å². The Balaban J connectivity index is 2.02. The molecule has 1 aliphatic rings. The Kier molecular flexibility index (Phi) is 5.19. The second-order valence-electron chi connectivity index (χ2n) is 4.78. The summed E-state index contributed by atoms with van der Waals surface area (Å²) in [6.45, 7) is 1.13. The monoisotopic (exact) mass is 298 g/mol. The lowest BCUT2D eigenvalue weighted by Crippen LogP contribution is -2.41. The number of nitrogens with zero attached hydrogens (tertiary/aromatic N) is 2. The van der Waals surface area contributed by atoms with Crippen molar-refractivity contribution in [1.29, 1.82) is 0 Å². The zero-order chi connectivity index (χ0) is 15.2. The Morgan fingerprint density at radius 2 is 2.29 bits per heavy atom. The quantitative estimate of drug-likeness (QED) is 0.642. The minimum Gasteiger partial charge on any atom is -0.433 e. The summed E-state index contributed by atoms with van der Waals surface area (Å²) in [6.07, 6.45) is 0.864. The van der Waals surface area contributed by atoms with Crippen LogP contribution in [0.15, 0.2) is 29.3 Å². The fourth-order valence-corrected chi connectivity index (χ4v) is 2.44.